The summed E-state index contributed by atoms with van der Waals surface area (Å²) in [6.45, 7) is 15.5. The molecule has 4 aromatic carbocycles. The van der Waals surface area contributed by atoms with Crippen LogP contribution in [0, 0.1) is 13.8 Å². The second-order valence-electron chi connectivity index (χ2n) is 9.44. The van der Waals surface area contributed by atoms with E-state index in [4.69, 9.17) is 17.2 Å². The van der Waals surface area contributed by atoms with Crippen molar-refractivity contribution in [1.29, 1.82) is 0 Å². The largest absolute Gasteiger partial charge is 0.165 e. The van der Waals surface area contributed by atoms with E-state index in [1.807, 2.05) is 0 Å². The van der Waals surface area contributed by atoms with Crippen molar-refractivity contribution in [3.63, 3.8) is 0 Å². The zero-order valence-electron chi connectivity index (χ0n) is 23.3. The van der Waals surface area contributed by atoms with Gasteiger partial charge in [-0.15, -0.1) is 68.1 Å². The van der Waals surface area contributed by atoms with E-state index in [0.29, 0.717) is 0 Å². The zero-order chi connectivity index (χ0) is 26.7. The standard InChI is InChI=1S/2C14H17.C4H9Si.2ClH.Hf/c2*1-4-11-6-7-12(5-2)14-9-10(3)8-13(11)14;1-2-3-4-5;;;/h2*6-9H,4-5H2,1-3H3;2-4H2,1H3;2*1H;/q2*-1;;;;+2/p-2. The third kappa shape index (κ3) is 8.97. The summed E-state index contributed by atoms with van der Waals surface area (Å²) >= 11 is -1.82. The number of aryl methyl sites for hydroxylation is 6. The monoisotopic (exact) mass is 705 g/mol. The van der Waals surface area contributed by atoms with Gasteiger partial charge in [0.25, 0.3) is 0 Å². The molecule has 0 unspecified atom stereocenters. The van der Waals surface area contributed by atoms with Crippen LogP contribution < -0.4 is 0 Å². The van der Waals surface area contributed by atoms with E-state index < -0.39 is 17.7 Å². The van der Waals surface area contributed by atoms with Crippen molar-refractivity contribution in [2.45, 2.75) is 93.0 Å². The smallest absolute Gasteiger partial charge is 0.0397 e. The third-order valence-electron chi connectivity index (χ3n) is 6.74. The maximum atomic E-state index is 5.70. The summed E-state index contributed by atoms with van der Waals surface area (Å²) < 4.78 is 0. The summed E-state index contributed by atoms with van der Waals surface area (Å²) in [4.78, 5) is 0. The number of fused-ring (bicyclic) bond motifs is 2. The Bertz CT molecular complexity index is 1090. The Hall–Kier alpha value is -0.673. The molecular formula is C32H43Cl2HfSi-2. The van der Waals surface area contributed by atoms with Crippen LogP contribution in [0.4, 0.5) is 0 Å². The predicted octanol–water partition coefficient (Wildman–Crippen LogP) is 10.7. The average Bonchev–Trinajstić information content (AvgIpc) is 3.45. The van der Waals surface area contributed by atoms with E-state index in [1.165, 1.54) is 73.8 Å². The average molecular weight is 705 g/mol. The fraction of sp³-hybridized carbons (Fsp3) is 0.438. The Kier molecular flexibility index (Phi) is 14.3. The summed E-state index contributed by atoms with van der Waals surface area (Å²) in [7, 11) is 11.4. The van der Waals surface area contributed by atoms with Crippen LogP contribution >= 0.6 is 17.2 Å². The van der Waals surface area contributed by atoms with E-state index in [9.17, 15) is 0 Å². The Morgan fingerprint density at radius 1 is 0.667 bits per heavy atom. The van der Waals surface area contributed by atoms with E-state index >= 15 is 0 Å². The van der Waals surface area contributed by atoms with Gasteiger partial charge >= 0.3 is 66.9 Å². The molecular weight excluding hydrogens is 662 g/mol. The molecule has 4 rings (SSSR count). The molecule has 0 aliphatic carbocycles. The fourth-order valence-electron chi connectivity index (χ4n) is 4.72. The van der Waals surface area contributed by atoms with Crippen LogP contribution in [0.15, 0.2) is 48.5 Å². The molecule has 0 aliphatic rings. The SMILES string of the molecule is CCCC[Si]=[Hf]([Cl])[Cl].CCc1ccc(CC)c2[cH-]c(C)cc12.CCc1ccc(CC)c2[cH-]c(C)cc12. The summed E-state index contributed by atoms with van der Waals surface area (Å²) in [5, 5.41) is 5.85. The number of benzene rings is 2. The van der Waals surface area contributed by atoms with E-state index in [1.54, 1.807) is 0 Å². The molecule has 0 atom stereocenters. The van der Waals surface area contributed by atoms with E-state index in [2.05, 4.69) is 97.0 Å². The number of hydrogen-bond donors (Lipinski definition) is 0. The molecule has 0 N–H and O–H groups in total. The number of halogens is 2. The minimum atomic E-state index is -1.82. The van der Waals surface area contributed by atoms with Crippen molar-refractivity contribution in [2.75, 3.05) is 0 Å². The molecule has 0 amide bonds. The van der Waals surface area contributed by atoms with E-state index in [-0.39, 0.29) is 0 Å². The molecule has 0 bridgehead atoms. The van der Waals surface area contributed by atoms with Crippen molar-refractivity contribution in [1.82, 2.24) is 0 Å². The molecule has 0 saturated carbocycles. The Morgan fingerprint density at radius 3 is 1.39 bits per heavy atom. The van der Waals surface area contributed by atoms with Gasteiger partial charge in [-0.1, -0.05) is 77.6 Å². The van der Waals surface area contributed by atoms with Gasteiger partial charge < -0.3 is 0 Å². The van der Waals surface area contributed by atoms with Crippen molar-refractivity contribution < 1.29 is 17.7 Å². The number of unbranched alkanes of at least 4 members (excludes halogenated alkanes) is 1. The minimum absolute atomic E-state index is 0.939. The maximum Gasteiger partial charge on any atom is -0.0397 e. The van der Waals surface area contributed by atoms with Crippen LogP contribution in [0.5, 0.6) is 0 Å². The van der Waals surface area contributed by atoms with Gasteiger partial charge in [0, 0.05) is 0 Å². The normalized spacial score (nSPS) is 10.6. The first-order valence-electron chi connectivity index (χ1n) is 13.6. The van der Waals surface area contributed by atoms with Gasteiger partial charge in [0.2, 0.25) is 0 Å². The van der Waals surface area contributed by atoms with Crippen LogP contribution in [0.25, 0.3) is 21.5 Å². The van der Waals surface area contributed by atoms with Crippen molar-refractivity contribution in [3.05, 3.63) is 81.9 Å². The molecule has 0 aromatic heterocycles. The first-order chi connectivity index (χ1) is 17.3. The van der Waals surface area contributed by atoms with E-state index in [0.717, 1.165) is 31.9 Å². The molecule has 4 heteroatoms. The van der Waals surface area contributed by atoms with Crippen LogP contribution in [-0.2, 0) is 43.4 Å². The van der Waals surface area contributed by atoms with Crippen molar-refractivity contribution in [3.8, 4) is 0 Å². The minimum Gasteiger partial charge on any atom is -0.165 e. The van der Waals surface area contributed by atoms with Crippen LogP contribution in [-0.4, -0.2) is 6.22 Å². The van der Waals surface area contributed by atoms with Gasteiger partial charge in [-0.3, -0.25) is 0 Å². The van der Waals surface area contributed by atoms with Gasteiger partial charge in [0.05, 0.1) is 0 Å². The van der Waals surface area contributed by atoms with Crippen LogP contribution in [0.2, 0.25) is 6.04 Å². The molecule has 0 heterocycles. The van der Waals surface area contributed by atoms with Gasteiger partial charge in [-0.05, 0) is 12.8 Å². The number of rotatable bonds is 7. The molecule has 0 saturated heterocycles. The second kappa shape index (κ2) is 16.3. The first-order valence-corrected chi connectivity index (χ1v) is 29.1. The van der Waals surface area contributed by atoms with Crippen LogP contribution in [0.3, 0.4) is 0 Å². The van der Waals surface area contributed by atoms with Crippen molar-refractivity contribution in [2.24, 2.45) is 0 Å². The predicted molar refractivity (Wildman–Crippen MR) is 163 cm³/mol. The quantitative estimate of drug-likeness (QED) is 0.102. The molecule has 36 heavy (non-hydrogen) atoms. The number of hydrogen-bond acceptors (Lipinski definition) is 0. The van der Waals surface area contributed by atoms with Crippen molar-refractivity contribution >= 4 is 44.9 Å². The fourth-order valence-corrected chi connectivity index (χ4v) is 14.0. The van der Waals surface area contributed by atoms with Gasteiger partial charge in [-0.25, -0.2) is 0 Å². The molecule has 4 aromatic rings. The Morgan fingerprint density at radius 2 is 1.06 bits per heavy atom. The maximum absolute atomic E-state index is 5.70. The van der Waals surface area contributed by atoms with Gasteiger partial charge in [-0.2, -0.15) is 12.1 Å². The Labute approximate surface area is 236 Å². The first kappa shape index (κ1) is 31.5. The summed E-state index contributed by atoms with van der Waals surface area (Å²) in [6, 6.07) is 19.6. The molecule has 0 aliphatic heterocycles. The summed E-state index contributed by atoms with van der Waals surface area (Å²) in [5.41, 5.74) is 8.68. The van der Waals surface area contributed by atoms with Gasteiger partial charge in [0.15, 0.2) is 0 Å². The topological polar surface area (TPSA) is 0 Å². The summed E-state index contributed by atoms with van der Waals surface area (Å²) in [5.74, 6) is 0. The Balaban J connectivity index is 0.000000199. The molecule has 195 valence electrons. The zero-order valence-corrected chi connectivity index (χ0v) is 29.4. The second-order valence-corrected chi connectivity index (χ2v) is 33.0. The molecule has 0 spiro atoms. The van der Waals surface area contributed by atoms with Gasteiger partial charge in [0.1, 0.15) is 0 Å². The molecule has 0 nitrogen and oxygen atoms in total. The van der Waals surface area contributed by atoms with Crippen LogP contribution in [0.1, 0.15) is 80.8 Å². The third-order valence-corrected chi connectivity index (χ3v) is 19.7. The summed E-state index contributed by atoms with van der Waals surface area (Å²) in [6.07, 6.45) is 8.04. The molecule has 1 radical (unpaired) electrons. The molecule has 0 fully saturated rings.